The second kappa shape index (κ2) is 10.2. The van der Waals surface area contributed by atoms with Gasteiger partial charge in [0.25, 0.3) is 0 Å². The van der Waals surface area contributed by atoms with E-state index in [0.29, 0.717) is 50.9 Å². The maximum absolute atomic E-state index is 13.3. The van der Waals surface area contributed by atoms with Gasteiger partial charge in [-0.2, -0.15) is 4.31 Å². The lowest BCUT2D eigenvalue weighted by molar-refractivity contribution is -0.126. The van der Waals surface area contributed by atoms with E-state index >= 15 is 0 Å². The third kappa shape index (κ3) is 5.41. The van der Waals surface area contributed by atoms with E-state index < -0.39 is 10.0 Å². The summed E-state index contributed by atoms with van der Waals surface area (Å²) in [6.07, 6.45) is 11.1. The van der Waals surface area contributed by atoms with Gasteiger partial charge in [-0.25, -0.2) is 8.42 Å². The Bertz CT molecular complexity index is 1000. The minimum Gasteiger partial charge on any atom is -0.356 e. The van der Waals surface area contributed by atoms with Gasteiger partial charge in [0.05, 0.1) is 10.8 Å². The number of hydrogen-bond donors (Lipinski definition) is 2. The van der Waals surface area contributed by atoms with Gasteiger partial charge in [-0.05, 0) is 81.5 Å². The summed E-state index contributed by atoms with van der Waals surface area (Å²) in [6, 6.07) is 4.92. The molecule has 32 heavy (non-hydrogen) atoms. The molecular formula is C24H33N3O4S. The van der Waals surface area contributed by atoms with Gasteiger partial charge in [-0.3, -0.25) is 9.59 Å². The number of benzene rings is 1. The van der Waals surface area contributed by atoms with Crippen LogP contribution in [0.4, 0.5) is 5.69 Å². The summed E-state index contributed by atoms with van der Waals surface area (Å²) in [7, 11) is -3.69. The van der Waals surface area contributed by atoms with Gasteiger partial charge >= 0.3 is 0 Å². The van der Waals surface area contributed by atoms with Crippen molar-refractivity contribution in [2.75, 3.05) is 25.0 Å². The van der Waals surface area contributed by atoms with Crippen LogP contribution >= 0.6 is 0 Å². The molecule has 0 bridgehead atoms. The van der Waals surface area contributed by atoms with Crippen molar-refractivity contribution < 1.29 is 18.0 Å². The Balaban J connectivity index is 1.38. The molecule has 7 nitrogen and oxygen atoms in total. The number of amides is 2. The molecule has 0 spiro atoms. The lowest BCUT2D eigenvalue weighted by Crippen LogP contribution is -2.45. The standard InChI is InChI=1S/C24H33N3O4S/c28-23-10-4-8-19-16-21(11-12-22(19)26-23)32(30,31)27-15-5-9-20(17-27)24(29)25-14-13-18-6-2-1-3-7-18/h6,11-12,16,20H,1-5,7-10,13-15,17H2,(H,25,29)(H,26,28). The predicted octanol–water partition coefficient (Wildman–Crippen LogP) is 3.37. The van der Waals surface area contributed by atoms with Crippen LogP contribution < -0.4 is 10.6 Å². The lowest BCUT2D eigenvalue weighted by atomic mass is 9.96. The smallest absolute Gasteiger partial charge is 0.243 e. The molecule has 2 amide bonds. The molecule has 1 saturated heterocycles. The average molecular weight is 460 g/mol. The topological polar surface area (TPSA) is 95.6 Å². The van der Waals surface area contributed by atoms with Gasteiger partial charge in [-0.15, -0.1) is 0 Å². The molecule has 174 valence electrons. The summed E-state index contributed by atoms with van der Waals surface area (Å²) in [5.74, 6) is -0.408. The Hall–Kier alpha value is -2.19. The fraction of sp³-hybridized carbons (Fsp3) is 0.583. The number of anilines is 1. The van der Waals surface area contributed by atoms with Crippen LogP contribution in [0.5, 0.6) is 0 Å². The molecule has 1 unspecified atom stereocenters. The second-order valence-electron chi connectivity index (χ2n) is 9.07. The van der Waals surface area contributed by atoms with Gasteiger partial charge in [0.1, 0.15) is 0 Å². The third-order valence-electron chi connectivity index (χ3n) is 6.72. The van der Waals surface area contributed by atoms with Crippen LogP contribution in [0.15, 0.2) is 34.7 Å². The Morgan fingerprint density at radius 1 is 1.12 bits per heavy atom. The van der Waals surface area contributed by atoms with Crippen LogP contribution in [0.3, 0.4) is 0 Å². The molecule has 2 heterocycles. The minimum atomic E-state index is -3.69. The van der Waals surface area contributed by atoms with Crippen molar-refractivity contribution in [1.29, 1.82) is 0 Å². The molecule has 0 aromatic heterocycles. The van der Waals surface area contributed by atoms with E-state index in [1.54, 1.807) is 18.2 Å². The zero-order valence-corrected chi connectivity index (χ0v) is 19.4. The summed E-state index contributed by atoms with van der Waals surface area (Å²) >= 11 is 0. The number of fused-ring (bicyclic) bond motifs is 1. The Morgan fingerprint density at radius 3 is 2.81 bits per heavy atom. The molecule has 2 aliphatic heterocycles. The molecule has 1 aromatic carbocycles. The summed E-state index contributed by atoms with van der Waals surface area (Å²) in [6.45, 7) is 1.25. The lowest BCUT2D eigenvalue weighted by Gasteiger charge is -2.31. The molecule has 4 rings (SSSR count). The highest BCUT2D eigenvalue weighted by Crippen LogP contribution is 2.29. The fourth-order valence-electron chi connectivity index (χ4n) is 4.86. The first-order valence-corrected chi connectivity index (χ1v) is 13.3. The normalized spacial score (nSPS) is 22.3. The molecule has 2 N–H and O–H groups in total. The Morgan fingerprint density at radius 2 is 2.00 bits per heavy atom. The Kier molecular flexibility index (Phi) is 7.30. The van der Waals surface area contributed by atoms with Gasteiger partial charge in [0.2, 0.25) is 21.8 Å². The van der Waals surface area contributed by atoms with Crippen LogP contribution in [0, 0.1) is 5.92 Å². The summed E-state index contributed by atoms with van der Waals surface area (Å²) in [5.41, 5.74) is 2.96. The maximum atomic E-state index is 13.3. The van der Waals surface area contributed by atoms with Crippen molar-refractivity contribution >= 4 is 27.5 Å². The SMILES string of the molecule is O=C1CCCc2cc(S(=O)(=O)N3CCCC(C(=O)NCCC4=CCCCC4)C3)ccc2N1. The van der Waals surface area contributed by atoms with Crippen molar-refractivity contribution in [2.45, 2.75) is 69.1 Å². The molecule has 1 atom stereocenters. The molecule has 3 aliphatic rings. The number of nitrogens with one attached hydrogen (secondary N) is 2. The van der Waals surface area contributed by atoms with E-state index in [2.05, 4.69) is 16.7 Å². The third-order valence-corrected chi connectivity index (χ3v) is 8.58. The van der Waals surface area contributed by atoms with Crippen molar-refractivity contribution in [3.05, 3.63) is 35.4 Å². The number of sulfonamides is 1. The van der Waals surface area contributed by atoms with Crippen molar-refractivity contribution in [3.8, 4) is 0 Å². The van der Waals surface area contributed by atoms with Crippen LogP contribution in [0.1, 0.15) is 63.4 Å². The molecule has 8 heteroatoms. The van der Waals surface area contributed by atoms with E-state index in [9.17, 15) is 18.0 Å². The quantitative estimate of drug-likeness (QED) is 0.638. The molecule has 1 fully saturated rings. The van der Waals surface area contributed by atoms with Gasteiger partial charge in [0.15, 0.2) is 0 Å². The molecular weight excluding hydrogens is 426 g/mol. The first-order chi connectivity index (χ1) is 15.4. The molecule has 1 aliphatic carbocycles. The van der Waals surface area contributed by atoms with Crippen LogP contribution in [-0.4, -0.2) is 44.2 Å². The molecule has 0 saturated carbocycles. The second-order valence-corrected chi connectivity index (χ2v) is 11.0. The minimum absolute atomic E-state index is 0.0379. The van der Waals surface area contributed by atoms with E-state index in [1.807, 2.05) is 0 Å². The van der Waals surface area contributed by atoms with E-state index in [4.69, 9.17) is 0 Å². The number of nitrogens with zero attached hydrogens (tertiary/aromatic N) is 1. The van der Waals surface area contributed by atoms with Gasteiger partial charge in [0, 0.05) is 31.7 Å². The Labute approximate surface area is 190 Å². The first-order valence-electron chi connectivity index (χ1n) is 11.8. The predicted molar refractivity (Wildman–Crippen MR) is 124 cm³/mol. The number of aryl methyl sites for hydroxylation is 1. The van der Waals surface area contributed by atoms with Gasteiger partial charge in [-0.1, -0.05) is 11.6 Å². The monoisotopic (exact) mass is 459 g/mol. The summed E-state index contributed by atoms with van der Waals surface area (Å²) < 4.78 is 28.1. The fourth-order valence-corrected chi connectivity index (χ4v) is 6.43. The zero-order chi connectivity index (χ0) is 22.6. The van der Waals surface area contributed by atoms with Gasteiger partial charge < -0.3 is 10.6 Å². The van der Waals surface area contributed by atoms with Crippen LogP contribution in [0.25, 0.3) is 0 Å². The van der Waals surface area contributed by atoms with Crippen LogP contribution in [0.2, 0.25) is 0 Å². The first kappa shape index (κ1) is 23.0. The summed E-state index contributed by atoms with van der Waals surface area (Å²) in [5, 5.41) is 5.86. The molecule has 1 aromatic rings. The number of rotatable bonds is 6. The number of carbonyl (C=O) groups excluding carboxylic acids is 2. The number of piperidine rings is 1. The van der Waals surface area contributed by atoms with Crippen molar-refractivity contribution in [1.82, 2.24) is 9.62 Å². The zero-order valence-electron chi connectivity index (χ0n) is 18.6. The number of carbonyl (C=O) groups is 2. The largest absolute Gasteiger partial charge is 0.356 e. The highest BCUT2D eigenvalue weighted by Gasteiger charge is 2.33. The van der Waals surface area contributed by atoms with Crippen LogP contribution in [-0.2, 0) is 26.0 Å². The van der Waals surface area contributed by atoms with Crippen molar-refractivity contribution in [3.63, 3.8) is 0 Å². The van der Waals surface area contributed by atoms with E-state index in [1.165, 1.54) is 22.7 Å². The molecule has 0 radical (unpaired) electrons. The number of allylic oxidation sites excluding steroid dienone is 1. The maximum Gasteiger partial charge on any atom is 0.243 e. The average Bonchev–Trinajstić information content (AvgIpc) is 2.99. The van der Waals surface area contributed by atoms with Crippen molar-refractivity contribution in [2.24, 2.45) is 5.92 Å². The number of hydrogen-bond acceptors (Lipinski definition) is 4. The summed E-state index contributed by atoms with van der Waals surface area (Å²) in [4.78, 5) is 24.7. The van der Waals surface area contributed by atoms with E-state index in [0.717, 1.165) is 24.8 Å². The van der Waals surface area contributed by atoms with E-state index in [-0.39, 0.29) is 29.2 Å². The highest BCUT2D eigenvalue weighted by atomic mass is 32.2. The highest BCUT2D eigenvalue weighted by molar-refractivity contribution is 7.89.